The first-order chi connectivity index (χ1) is 12.0. The molecule has 0 saturated carbocycles. The van der Waals surface area contributed by atoms with E-state index in [4.69, 9.17) is 10.00 Å². The van der Waals surface area contributed by atoms with Crippen LogP contribution in [0.25, 0.3) is 0 Å². The van der Waals surface area contributed by atoms with Gasteiger partial charge in [0.2, 0.25) is 0 Å². The lowest BCUT2D eigenvalue weighted by molar-refractivity contribution is -0.123. The van der Waals surface area contributed by atoms with Crippen LogP contribution in [0, 0.1) is 11.3 Å². The maximum absolute atomic E-state index is 12.1. The van der Waals surface area contributed by atoms with Gasteiger partial charge in [0.25, 0.3) is 11.8 Å². The van der Waals surface area contributed by atoms with Crippen LogP contribution in [0.5, 0.6) is 5.75 Å². The molecule has 0 aromatic heterocycles. The Labute approximate surface area is 145 Å². The molecule has 0 spiro atoms. The molecule has 0 heterocycles. The van der Waals surface area contributed by atoms with Crippen LogP contribution in [0.2, 0.25) is 0 Å². The lowest BCUT2D eigenvalue weighted by Crippen LogP contribution is -2.43. The fourth-order valence-electron chi connectivity index (χ4n) is 1.93. The summed E-state index contributed by atoms with van der Waals surface area (Å²) in [5, 5.41) is 8.71. The third kappa shape index (κ3) is 5.25. The Hall–Kier alpha value is -3.53. The van der Waals surface area contributed by atoms with Crippen molar-refractivity contribution >= 4 is 17.5 Å². The van der Waals surface area contributed by atoms with Gasteiger partial charge in [0, 0.05) is 25.3 Å². The highest BCUT2D eigenvalue weighted by Crippen LogP contribution is 2.13. The Kier molecular flexibility index (Phi) is 5.96. The van der Waals surface area contributed by atoms with E-state index >= 15 is 0 Å². The molecule has 0 saturated heterocycles. The van der Waals surface area contributed by atoms with E-state index in [9.17, 15) is 9.59 Å². The number of nitrogens with zero attached hydrogens (tertiary/aromatic N) is 2. The van der Waals surface area contributed by atoms with Crippen LogP contribution in [0.15, 0.2) is 48.5 Å². The number of anilines is 1. The number of hydrazine groups is 1. The number of nitrogens with one attached hydrogen (secondary N) is 2. The van der Waals surface area contributed by atoms with E-state index in [1.165, 1.54) is 0 Å². The number of carbonyl (C=O) groups is 2. The van der Waals surface area contributed by atoms with E-state index < -0.39 is 11.8 Å². The maximum atomic E-state index is 12.1. The van der Waals surface area contributed by atoms with Gasteiger partial charge in [-0.05, 0) is 42.5 Å². The molecule has 2 aromatic rings. The number of hydrogen-bond donors (Lipinski definition) is 2. The van der Waals surface area contributed by atoms with Crippen LogP contribution in [-0.4, -0.2) is 32.5 Å². The Morgan fingerprint density at radius 1 is 1.12 bits per heavy atom. The molecule has 7 heteroatoms. The number of nitriles is 1. The third-order valence-corrected chi connectivity index (χ3v) is 3.29. The SMILES string of the molecule is CN(C)c1cccc(C(=O)NNC(=O)COc2ccc(C#N)cc2)c1. The molecule has 0 aliphatic carbocycles. The molecule has 0 atom stereocenters. The van der Waals surface area contributed by atoms with Gasteiger partial charge in [0.15, 0.2) is 6.61 Å². The molecule has 25 heavy (non-hydrogen) atoms. The highest BCUT2D eigenvalue weighted by Gasteiger charge is 2.09. The van der Waals surface area contributed by atoms with Crippen molar-refractivity contribution in [1.29, 1.82) is 5.26 Å². The van der Waals surface area contributed by atoms with Gasteiger partial charge >= 0.3 is 0 Å². The van der Waals surface area contributed by atoms with Gasteiger partial charge in [-0.3, -0.25) is 20.4 Å². The maximum Gasteiger partial charge on any atom is 0.276 e. The van der Waals surface area contributed by atoms with Crippen LogP contribution in [0.1, 0.15) is 15.9 Å². The summed E-state index contributed by atoms with van der Waals surface area (Å²) in [6.07, 6.45) is 0. The highest BCUT2D eigenvalue weighted by atomic mass is 16.5. The van der Waals surface area contributed by atoms with Crippen molar-refractivity contribution in [2.24, 2.45) is 0 Å². The number of rotatable bonds is 5. The molecule has 0 aliphatic heterocycles. The van der Waals surface area contributed by atoms with E-state index in [0.717, 1.165) is 5.69 Å². The predicted octanol–water partition coefficient (Wildman–Crippen LogP) is 1.46. The zero-order valence-corrected chi connectivity index (χ0v) is 13.9. The summed E-state index contributed by atoms with van der Waals surface area (Å²) in [5.41, 5.74) is 6.44. The Morgan fingerprint density at radius 3 is 2.48 bits per heavy atom. The lowest BCUT2D eigenvalue weighted by atomic mass is 10.2. The smallest absolute Gasteiger partial charge is 0.276 e. The Morgan fingerprint density at radius 2 is 1.84 bits per heavy atom. The largest absolute Gasteiger partial charge is 0.484 e. The van der Waals surface area contributed by atoms with Gasteiger partial charge in [-0.15, -0.1) is 0 Å². The van der Waals surface area contributed by atoms with E-state index in [1.807, 2.05) is 31.1 Å². The molecule has 2 amide bonds. The number of ether oxygens (including phenoxy) is 1. The summed E-state index contributed by atoms with van der Waals surface area (Å²) < 4.78 is 5.28. The van der Waals surface area contributed by atoms with Crippen molar-refractivity contribution in [1.82, 2.24) is 10.9 Å². The van der Waals surface area contributed by atoms with Gasteiger partial charge in [-0.1, -0.05) is 6.07 Å². The minimum absolute atomic E-state index is 0.260. The summed E-state index contributed by atoms with van der Waals surface area (Å²) in [4.78, 5) is 25.7. The molecule has 2 aromatic carbocycles. The molecule has 0 fully saturated rings. The van der Waals surface area contributed by atoms with Gasteiger partial charge < -0.3 is 9.64 Å². The first-order valence-corrected chi connectivity index (χ1v) is 7.49. The molecular formula is C18H18N4O3. The summed E-state index contributed by atoms with van der Waals surface area (Å²) >= 11 is 0. The second-order valence-corrected chi connectivity index (χ2v) is 5.37. The van der Waals surface area contributed by atoms with Gasteiger partial charge in [-0.2, -0.15) is 5.26 Å². The van der Waals surface area contributed by atoms with Crippen molar-refractivity contribution in [2.75, 3.05) is 25.6 Å². The molecule has 2 rings (SSSR count). The zero-order valence-electron chi connectivity index (χ0n) is 13.9. The van der Waals surface area contributed by atoms with Crippen LogP contribution in [0.3, 0.4) is 0 Å². The molecule has 0 bridgehead atoms. The van der Waals surface area contributed by atoms with Crippen molar-refractivity contribution in [2.45, 2.75) is 0 Å². The predicted molar refractivity (Wildman–Crippen MR) is 93.0 cm³/mol. The normalized spacial score (nSPS) is 9.64. The summed E-state index contributed by atoms with van der Waals surface area (Å²) in [6.45, 7) is -0.260. The van der Waals surface area contributed by atoms with Crippen LogP contribution >= 0.6 is 0 Å². The molecule has 128 valence electrons. The lowest BCUT2D eigenvalue weighted by Gasteiger charge is -2.13. The van der Waals surface area contributed by atoms with E-state index in [-0.39, 0.29) is 6.61 Å². The molecule has 0 radical (unpaired) electrons. The average Bonchev–Trinajstić information content (AvgIpc) is 2.64. The number of carbonyl (C=O) groups excluding carboxylic acids is 2. The highest BCUT2D eigenvalue weighted by molar-refractivity contribution is 5.96. The second-order valence-electron chi connectivity index (χ2n) is 5.37. The summed E-state index contributed by atoms with van der Waals surface area (Å²) in [5.74, 6) is -0.462. The second kappa shape index (κ2) is 8.36. The minimum Gasteiger partial charge on any atom is -0.484 e. The fraction of sp³-hybridized carbons (Fsp3) is 0.167. The van der Waals surface area contributed by atoms with Crippen molar-refractivity contribution in [3.8, 4) is 11.8 Å². The first-order valence-electron chi connectivity index (χ1n) is 7.49. The molecule has 0 aliphatic rings. The van der Waals surface area contributed by atoms with Crippen molar-refractivity contribution in [3.63, 3.8) is 0 Å². The monoisotopic (exact) mass is 338 g/mol. The zero-order chi connectivity index (χ0) is 18.2. The molecule has 0 unspecified atom stereocenters. The standard InChI is InChI=1S/C18H18N4O3/c1-22(2)15-5-3-4-14(10-15)18(24)21-20-17(23)12-25-16-8-6-13(11-19)7-9-16/h3-10H,12H2,1-2H3,(H,20,23)(H,21,24). The number of benzene rings is 2. The topological polar surface area (TPSA) is 94.5 Å². The number of hydrogen-bond acceptors (Lipinski definition) is 5. The quantitative estimate of drug-likeness (QED) is 0.805. The summed E-state index contributed by atoms with van der Waals surface area (Å²) in [6, 6.07) is 15.4. The molecule has 7 nitrogen and oxygen atoms in total. The van der Waals surface area contributed by atoms with Gasteiger partial charge in [0.05, 0.1) is 11.6 Å². The van der Waals surface area contributed by atoms with Gasteiger partial charge in [0.1, 0.15) is 5.75 Å². The Bertz CT molecular complexity index is 795. The van der Waals surface area contributed by atoms with Crippen molar-refractivity contribution < 1.29 is 14.3 Å². The Balaban J connectivity index is 1.82. The minimum atomic E-state index is -0.499. The average molecular weight is 338 g/mol. The van der Waals surface area contributed by atoms with E-state index in [2.05, 4.69) is 10.9 Å². The molecular weight excluding hydrogens is 320 g/mol. The van der Waals surface area contributed by atoms with Crippen LogP contribution < -0.4 is 20.5 Å². The molecule has 2 N–H and O–H groups in total. The van der Waals surface area contributed by atoms with Crippen LogP contribution in [-0.2, 0) is 4.79 Å². The first kappa shape index (κ1) is 17.8. The number of amides is 2. The van der Waals surface area contributed by atoms with Crippen LogP contribution in [0.4, 0.5) is 5.69 Å². The summed E-state index contributed by atoms with van der Waals surface area (Å²) in [7, 11) is 3.75. The fourth-order valence-corrected chi connectivity index (χ4v) is 1.93. The van der Waals surface area contributed by atoms with Crippen molar-refractivity contribution in [3.05, 3.63) is 59.7 Å². The van der Waals surface area contributed by atoms with E-state index in [1.54, 1.807) is 42.5 Å². The van der Waals surface area contributed by atoms with Gasteiger partial charge in [-0.25, -0.2) is 0 Å². The third-order valence-electron chi connectivity index (χ3n) is 3.29. The van der Waals surface area contributed by atoms with E-state index in [0.29, 0.717) is 16.9 Å².